The number of carbonyl (C=O) groups excluding carboxylic acids is 3. The summed E-state index contributed by atoms with van der Waals surface area (Å²) in [5.41, 5.74) is 0.651. The van der Waals surface area contributed by atoms with Crippen LogP contribution in [0.2, 0.25) is 0 Å². The molecule has 3 aromatic rings. The Bertz CT molecular complexity index is 1340. The van der Waals surface area contributed by atoms with E-state index in [0.29, 0.717) is 48.2 Å². The molecule has 0 unspecified atom stereocenters. The van der Waals surface area contributed by atoms with E-state index in [-0.39, 0.29) is 49.0 Å². The summed E-state index contributed by atoms with van der Waals surface area (Å²) in [6.07, 6.45) is 1.96. The van der Waals surface area contributed by atoms with E-state index < -0.39 is 6.04 Å². The number of rotatable bonds is 3. The van der Waals surface area contributed by atoms with Gasteiger partial charge in [0.15, 0.2) is 11.5 Å². The average molecular weight is 550 g/mol. The van der Waals surface area contributed by atoms with Gasteiger partial charge in [0.05, 0.1) is 26.2 Å². The van der Waals surface area contributed by atoms with E-state index in [2.05, 4.69) is 25.7 Å². The predicted octanol–water partition coefficient (Wildman–Crippen LogP) is 2.16. The molecule has 40 heavy (non-hydrogen) atoms. The van der Waals surface area contributed by atoms with Gasteiger partial charge in [-0.25, -0.2) is 9.67 Å². The fraction of sp³-hybridized carbons (Fsp3) is 0.429. The number of carbonyl (C=O) groups is 3. The molecule has 2 bridgehead atoms. The zero-order chi connectivity index (χ0) is 28.6. The van der Waals surface area contributed by atoms with Crippen molar-refractivity contribution in [3.8, 4) is 11.5 Å². The van der Waals surface area contributed by atoms with Crippen molar-refractivity contribution in [2.75, 3.05) is 33.4 Å². The second-order valence-corrected chi connectivity index (χ2v) is 9.79. The van der Waals surface area contributed by atoms with Crippen molar-refractivity contribution < 1.29 is 23.9 Å². The van der Waals surface area contributed by atoms with Crippen LogP contribution in [0, 0.1) is 12.8 Å². The smallest absolute Gasteiger partial charge is 0.272 e. The van der Waals surface area contributed by atoms with Gasteiger partial charge >= 0.3 is 0 Å². The van der Waals surface area contributed by atoms with Crippen molar-refractivity contribution in [2.45, 2.75) is 39.8 Å². The van der Waals surface area contributed by atoms with Gasteiger partial charge in [0.2, 0.25) is 5.91 Å². The van der Waals surface area contributed by atoms with Gasteiger partial charge in [0.1, 0.15) is 23.9 Å². The van der Waals surface area contributed by atoms with Gasteiger partial charge in [0.25, 0.3) is 11.8 Å². The van der Waals surface area contributed by atoms with Crippen LogP contribution >= 0.6 is 0 Å². The van der Waals surface area contributed by atoms with Crippen molar-refractivity contribution in [3.05, 3.63) is 65.5 Å². The molecule has 1 aliphatic rings. The first-order valence-electron chi connectivity index (χ1n) is 13.3. The molecule has 0 saturated heterocycles. The number of benzene rings is 1. The third-order valence-electron chi connectivity index (χ3n) is 6.45. The third kappa shape index (κ3) is 6.93. The van der Waals surface area contributed by atoms with E-state index in [0.717, 1.165) is 0 Å². The number of methoxy groups -OCH3 is 1. The summed E-state index contributed by atoms with van der Waals surface area (Å²) in [6.45, 7) is 6.68. The van der Waals surface area contributed by atoms with Crippen LogP contribution in [0.4, 0.5) is 0 Å². The zero-order valence-corrected chi connectivity index (χ0v) is 23.2. The van der Waals surface area contributed by atoms with Crippen LogP contribution in [0.5, 0.6) is 11.5 Å². The molecule has 12 nitrogen and oxygen atoms in total. The molecule has 0 radical (unpaired) electrons. The molecule has 0 fully saturated rings. The van der Waals surface area contributed by atoms with Crippen LogP contribution in [0.3, 0.4) is 0 Å². The molecule has 1 atom stereocenters. The molecule has 1 aromatic carbocycles. The Morgan fingerprint density at radius 3 is 2.73 bits per heavy atom. The molecule has 212 valence electrons. The first-order valence-corrected chi connectivity index (χ1v) is 13.3. The average Bonchev–Trinajstić information content (AvgIpc) is 3.32. The highest BCUT2D eigenvalue weighted by atomic mass is 16.5. The minimum absolute atomic E-state index is 0.00950. The number of fused-ring (bicyclic) bond motifs is 3. The van der Waals surface area contributed by atoms with Crippen LogP contribution in [-0.2, 0) is 11.3 Å². The first kappa shape index (κ1) is 28.5. The molecule has 0 saturated carbocycles. The van der Waals surface area contributed by atoms with Gasteiger partial charge < -0.3 is 25.0 Å². The van der Waals surface area contributed by atoms with Crippen molar-refractivity contribution in [1.82, 2.24) is 35.3 Å². The Balaban J connectivity index is 1.66. The molecule has 2 aromatic heterocycles. The van der Waals surface area contributed by atoms with Gasteiger partial charge in [-0.05, 0) is 49.6 Å². The predicted molar refractivity (Wildman–Crippen MR) is 146 cm³/mol. The van der Waals surface area contributed by atoms with Crippen LogP contribution in [0.25, 0.3) is 0 Å². The van der Waals surface area contributed by atoms with Crippen LogP contribution in [-0.4, -0.2) is 75.7 Å². The number of ether oxygens (including phenoxy) is 2. The molecule has 1 aliphatic heterocycles. The SMILES string of the molecule is COc1ccc2cc1OCCn1nc(C)nc1[C@H](C(C)C)NC(=O)CN(C(=O)c1ccccn1)CCCNC2=O. The lowest BCUT2D eigenvalue weighted by molar-refractivity contribution is -0.123. The lowest BCUT2D eigenvalue weighted by atomic mass is 10.0. The number of aromatic nitrogens is 4. The van der Waals surface area contributed by atoms with Gasteiger partial charge in [-0.15, -0.1) is 0 Å². The van der Waals surface area contributed by atoms with Crippen LogP contribution < -0.4 is 20.1 Å². The molecular weight excluding hydrogens is 514 g/mol. The van der Waals surface area contributed by atoms with Crippen molar-refractivity contribution in [2.24, 2.45) is 5.92 Å². The number of amides is 3. The summed E-state index contributed by atoms with van der Waals surface area (Å²) >= 11 is 0. The quantitative estimate of drug-likeness (QED) is 0.507. The topological polar surface area (TPSA) is 141 Å². The first-order chi connectivity index (χ1) is 19.3. The van der Waals surface area contributed by atoms with E-state index in [4.69, 9.17) is 9.47 Å². The number of nitrogens with one attached hydrogen (secondary N) is 2. The molecule has 2 N–H and O–H groups in total. The fourth-order valence-corrected chi connectivity index (χ4v) is 4.44. The Kier molecular flexibility index (Phi) is 9.31. The van der Waals surface area contributed by atoms with Gasteiger partial charge in [-0.1, -0.05) is 19.9 Å². The van der Waals surface area contributed by atoms with Crippen LogP contribution in [0.15, 0.2) is 42.6 Å². The largest absolute Gasteiger partial charge is 0.493 e. The van der Waals surface area contributed by atoms with E-state index in [9.17, 15) is 14.4 Å². The monoisotopic (exact) mass is 549 g/mol. The number of nitrogens with zero attached hydrogens (tertiary/aromatic N) is 5. The minimum atomic E-state index is -0.448. The summed E-state index contributed by atoms with van der Waals surface area (Å²) in [4.78, 5) is 49.6. The van der Waals surface area contributed by atoms with E-state index in [1.165, 1.54) is 18.2 Å². The summed E-state index contributed by atoms with van der Waals surface area (Å²) in [5.74, 6) is 1.07. The molecule has 12 heteroatoms. The molecule has 0 aliphatic carbocycles. The number of aryl methyl sites for hydroxylation is 1. The molecule has 3 amide bonds. The number of hydrogen-bond donors (Lipinski definition) is 2. The third-order valence-corrected chi connectivity index (χ3v) is 6.45. The zero-order valence-electron chi connectivity index (χ0n) is 23.2. The Labute approximate surface area is 233 Å². The Morgan fingerprint density at radius 2 is 2.00 bits per heavy atom. The highest BCUT2D eigenvalue weighted by Crippen LogP contribution is 2.28. The normalized spacial score (nSPS) is 17.1. The van der Waals surface area contributed by atoms with Crippen LogP contribution in [0.1, 0.15) is 58.8 Å². The molecule has 4 rings (SSSR count). The van der Waals surface area contributed by atoms with Crippen molar-refractivity contribution >= 4 is 17.7 Å². The maximum absolute atomic E-state index is 13.3. The van der Waals surface area contributed by atoms with E-state index in [1.54, 1.807) is 48.0 Å². The van der Waals surface area contributed by atoms with Gasteiger partial charge in [0, 0.05) is 24.8 Å². The summed E-state index contributed by atoms with van der Waals surface area (Å²) in [7, 11) is 1.53. The van der Waals surface area contributed by atoms with Gasteiger partial charge in [-0.3, -0.25) is 19.4 Å². The fourth-order valence-electron chi connectivity index (χ4n) is 4.44. The highest BCUT2D eigenvalue weighted by molar-refractivity contribution is 5.95. The maximum Gasteiger partial charge on any atom is 0.272 e. The van der Waals surface area contributed by atoms with Crippen molar-refractivity contribution in [1.29, 1.82) is 0 Å². The number of hydrogen-bond acceptors (Lipinski definition) is 8. The molecule has 0 spiro atoms. The Hall–Kier alpha value is -4.48. The highest BCUT2D eigenvalue weighted by Gasteiger charge is 2.27. The van der Waals surface area contributed by atoms with Crippen molar-refractivity contribution in [3.63, 3.8) is 0 Å². The standard InChI is InChI=1S/C28H35N7O5/c1-18(2)25-26-31-19(3)33-35(26)14-15-40-23-16-20(9-10-22(23)39-4)27(37)30-12-7-13-34(17-24(36)32-25)28(38)21-8-5-6-11-29-21/h5-6,8-11,16,18,25H,7,12-15,17H2,1-4H3,(H,30,37)(H,32,36)/t25-/m0/s1. The summed E-state index contributed by atoms with van der Waals surface area (Å²) < 4.78 is 13.1. The Morgan fingerprint density at radius 1 is 1.18 bits per heavy atom. The van der Waals surface area contributed by atoms with Gasteiger partial charge in [-0.2, -0.15) is 5.10 Å². The van der Waals surface area contributed by atoms with E-state index in [1.807, 2.05) is 13.8 Å². The molecular formula is C28H35N7O5. The lowest BCUT2D eigenvalue weighted by Gasteiger charge is -2.26. The molecule has 3 heterocycles. The minimum Gasteiger partial charge on any atom is -0.493 e. The second kappa shape index (κ2) is 13.0. The van der Waals surface area contributed by atoms with E-state index >= 15 is 0 Å². The lowest BCUT2D eigenvalue weighted by Crippen LogP contribution is -2.44. The summed E-state index contributed by atoms with van der Waals surface area (Å²) in [6, 6.07) is 9.59. The summed E-state index contributed by atoms with van der Waals surface area (Å²) in [5, 5.41) is 10.4. The number of pyridine rings is 1. The second-order valence-electron chi connectivity index (χ2n) is 9.79. The maximum atomic E-state index is 13.3.